The van der Waals surface area contributed by atoms with Gasteiger partial charge in [-0.25, -0.2) is 0 Å². The van der Waals surface area contributed by atoms with Crippen LogP contribution in [0.15, 0.2) is 73.1 Å². The van der Waals surface area contributed by atoms with E-state index in [4.69, 9.17) is 0 Å². The molecular formula is C18H13NOS. The van der Waals surface area contributed by atoms with Crippen LogP contribution in [0, 0.1) is 0 Å². The van der Waals surface area contributed by atoms with Crippen LogP contribution in [-0.4, -0.2) is 10.8 Å². The maximum Gasteiger partial charge on any atom is 0.195 e. The number of benzene rings is 1. The molecule has 3 rings (SSSR count). The summed E-state index contributed by atoms with van der Waals surface area (Å²) in [6.07, 6.45) is 7.01. The summed E-state index contributed by atoms with van der Waals surface area (Å²) in [4.78, 5) is 18.1. The van der Waals surface area contributed by atoms with Gasteiger partial charge in [0.05, 0.1) is 4.88 Å². The van der Waals surface area contributed by atoms with Crippen molar-refractivity contribution >= 4 is 23.2 Å². The molecule has 0 amide bonds. The number of allylic oxidation sites excluding steroid dienone is 1. The fourth-order valence-electron chi connectivity index (χ4n) is 1.95. The van der Waals surface area contributed by atoms with E-state index in [9.17, 15) is 4.79 Å². The number of hydrogen-bond donors (Lipinski definition) is 0. The van der Waals surface area contributed by atoms with Crippen molar-refractivity contribution in [3.63, 3.8) is 0 Å². The van der Waals surface area contributed by atoms with Gasteiger partial charge in [-0.15, -0.1) is 11.3 Å². The highest BCUT2D eigenvalue weighted by Crippen LogP contribution is 2.27. The van der Waals surface area contributed by atoms with Crippen molar-refractivity contribution in [1.29, 1.82) is 0 Å². The molecule has 2 nitrogen and oxygen atoms in total. The quantitative estimate of drug-likeness (QED) is 0.515. The van der Waals surface area contributed by atoms with Gasteiger partial charge in [-0.05, 0) is 29.8 Å². The second kappa shape index (κ2) is 6.29. The number of aromatic nitrogens is 1. The third kappa shape index (κ3) is 3.33. The fourth-order valence-corrected chi connectivity index (χ4v) is 2.87. The minimum absolute atomic E-state index is 0.0268. The van der Waals surface area contributed by atoms with E-state index in [0.717, 1.165) is 20.9 Å². The first kappa shape index (κ1) is 13.5. The summed E-state index contributed by atoms with van der Waals surface area (Å²) in [6, 6.07) is 17.5. The standard InChI is InChI=1S/C18H13NOS/c20-16(9-8-14-5-2-1-3-6-14)18-11-10-17(21-18)15-7-4-12-19-13-15/h1-13H/b9-8+. The summed E-state index contributed by atoms with van der Waals surface area (Å²) in [5.41, 5.74) is 2.06. The number of hydrogen-bond acceptors (Lipinski definition) is 3. The number of thiophene rings is 1. The van der Waals surface area contributed by atoms with Crippen LogP contribution in [0.2, 0.25) is 0 Å². The van der Waals surface area contributed by atoms with Crippen LogP contribution in [0.25, 0.3) is 16.5 Å². The molecule has 0 bridgehead atoms. The van der Waals surface area contributed by atoms with Gasteiger partial charge < -0.3 is 0 Å². The Kier molecular flexibility index (Phi) is 4.03. The molecule has 3 aromatic rings. The van der Waals surface area contributed by atoms with E-state index in [-0.39, 0.29) is 5.78 Å². The lowest BCUT2D eigenvalue weighted by atomic mass is 10.2. The highest BCUT2D eigenvalue weighted by atomic mass is 32.1. The van der Waals surface area contributed by atoms with Crippen LogP contribution in [0.3, 0.4) is 0 Å². The van der Waals surface area contributed by atoms with Crippen molar-refractivity contribution in [2.45, 2.75) is 0 Å². The summed E-state index contributed by atoms with van der Waals surface area (Å²) in [6.45, 7) is 0. The molecule has 0 radical (unpaired) electrons. The van der Waals surface area contributed by atoms with Crippen molar-refractivity contribution in [2.24, 2.45) is 0 Å². The van der Waals surface area contributed by atoms with E-state index >= 15 is 0 Å². The zero-order valence-corrected chi connectivity index (χ0v) is 12.1. The summed E-state index contributed by atoms with van der Waals surface area (Å²) in [5.74, 6) is 0.0268. The lowest BCUT2D eigenvalue weighted by molar-refractivity contribution is 0.105. The van der Waals surface area contributed by atoms with E-state index in [1.165, 1.54) is 11.3 Å². The van der Waals surface area contributed by atoms with Gasteiger partial charge in [0.25, 0.3) is 0 Å². The predicted octanol–water partition coefficient (Wildman–Crippen LogP) is 4.71. The molecule has 0 saturated heterocycles. The zero-order valence-electron chi connectivity index (χ0n) is 11.3. The van der Waals surface area contributed by atoms with Gasteiger partial charge in [0.2, 0.25) is 0 Å². The third-order valence-corrected chi connectivity index (χ3v) is 4.17. The first-order valence-electron chi connectivity index (χ1n) is 6.60. The van der Waals surface area contributed by atoms with Crippen LogP contribution < -0.4 is 0 Å². The monoisotopic (exact) mass is 291 g/mol. The van der Waals surface area contributed by atoms with Crippen LogP contribution in [0.1, 0.15) is 15.2 Å². The molecule has 0 aliphatic rings. The Balaban J connectivity index is 1.77. The molecular weight excluding hydrogens is 278 g/mol. The average Bonchev–Trinajstić information content (AvgIpc) is 3.04. The molecule has 0 fully saturated rings. The number of rotatable bonds is 4. The topological polar surface area (TPSA) is 30.0 Å². The van der Waals surface area contributed by atoms with Gasteiger partial charge in [-0.3, -0.25) is 9.78 Å². The summed E-state index contributed by atoms with van der Waals surface area (Å²) < 4.78 is 0. The second-order valence-electron chi connectivity index (χ2n) is 4.51. The molecule has 0 atom stereocenters. The molecule has 0 aliphatic heterocycles. The number of nitrogens with zero attached hydrogens (tertiary/aromatic N) is 1. The van der Waals surface area contributed by atoms with E-state index in [0.29, 0.717) is 0 Å². The third-order valence-electron chi connectivity index (χ3n) is 3.02. The summed E-state index contributed by atoms with van der Waals surface area (Å²) in [7, 11) is 0. The van der Waals surface area contributed by atoms with E-state index < -0.39 is 0 Å². The summed E-state index contributed by atoms with van der Waals surface area (Å²) in [5, 5.41) is 0. The van der Waals surface area contributed by atoms with Crippen molar-refractivity contribution < 1.29 is 4.79 Å². The first-order valence-corrected chi connectivity index (χ1v) is 7.42. The smallest absolute Gasteiger partial charge is 0.195 e. The number of ketones is 1. The Morgan fingerprint density at radius 3 is 2.62 bits per heavy atom. The molecule has 0 aliphatic carbocycles. The van der Waals surface area contributed by atoms with Gasteiger partial charge in [0.1, 0.15) is 0 Å². The highest BCUT2D eigenvalue weighted by molar-refractivity contribution is 7.17. The second-order valence-corrected chi connectivity index (χ2v) is 5.60. The van der Waals surface area contributed by atoms with Gasteiger partial charge >= 0.3 is 0 Å². The van der Waals surface area contributed by atoms with Gasteiger partial charge in [0.15, 0.2) is 5.78 Å². The maximum absolute atomic E-state index is 12.2. The molecule has 21 heavy (non-hydrogen) atoms. The minimum atomic E-state index is 0.0268. The van der Waals surface area contributed by atoms with Crippen molar-refractivity contribution in [3.8, 4) is 10.4 Å². The molecule has 102 valence electrons. The zero-order chi connectivity index (χ0) is 14.5. The van der Waals surface area contributed by atoms with Gasteiger partial charge in [0, 0.05) is 22.8 Å². The highest BCUT2D eigenvalue weighted by Gasteiger charge is 2.07. The maximum atomic E-state index is 12.2. The molecule has 1 aromatic carbocycles. The Morgan fingerprint density at radius 1 is 1.00 bits per heavy atom. The molecule has 0 N–H and O–H groups in total. The Hall–Kier alpha value is -2.52. The predicted molar refractivity (Wildman–Crippen MR) is 87.4 cm³/mol. The average molecular weight is 291 g/mol. The molecule has 2 aromatic heterocycles. The minimum Gasteiger partial charge on any atom is -0.288 e. The number of pyridine rings is 1. The van der Waals surface area contributed by atoms with Crippen LogP contribution in [0.5, 0.6) is 0 Å². The van der Waals surface area contributed by atoms with Gasteiger partial charge in [-0.2, -0.15) is 0 Å². The SMILES string of the molecule is O=C(/C=C/c1ccccc1)c1ccc(-c2cccnc2)s1. The molecule has 3 heteroatoms. The Labute approximate surface area is 127 Å². The van der Waals surface area contributed by atoms with Crippen LogP contribution in [0.4, 0.5) is 0 Å². The van der Waals surface area contributed by atoms with Crippen LogP contribution in [-0.2, 0) is 0 Å². The summed E-state index contributed by atoms with van der Waals surface area (Å²) >= 11 is 1.49. The van der Waals surface area contributed by atoms with Crippen molar-refractivity contribution in [1.82, 2.24) is 4.98 Å². The van der Waals surface area contributed by atoms with E-state index in [2.05, 4.69) is 4.98 Å². The van der Waals surface area contributed by atoms with Crippen molar-refractivity contribution in [2.75, 3.05) is 0 Å². The molecule has 0 unspecified atom stereocenters. The number of carbonyl (C=O) groups excluding carboxylic acids is 1. The molecule has 0 saturated carbocycles. The largest absolute Gasteiger partial charge is 0.288 e. The van der Waals surface area contributed by atoms with E-state index in [1.807, 2.05) is 60.7 Å². The number of carbonyl (C=O) groups is 1. The first-order chi connectivity index (χ1) is 10.3. The fraction of sp³-hybridized carbons (Fsp3) is 0. The van der Waals surface area contributed by atoms with Crippen LogP contribution >= 0.6 is 11.3 Å². The Bertz CT molecular complexity index is 760. The molecule has 0 spiro atoms. The van der Waals surface area contributed by atoms with Gasteiger partial charge in [-0.1, -0.05) is 42.5 Å². The van der Waals surface area contributed by atoms with Crippen molar-refractivity contribution in [3.05, 3.63) is 83.5 Å². The normalized spacial score (nSPS) is 10.9. The lowest BCUT2D eigenvalue weighted by Gasteiger charge is -1.94. The molecule has 2 heterocycles. The van der Waals surface area contributed by atoms with E-state index in [1.54, 1.807) is 18.5 Å². The lowest BCUT2D eigenvalue weighted by Crippen LogP contribution is -1.88. The Morgan fingerprint density at radius 2 is 1.86 bits per heavy atom.